The lowest BCUT2D eigenvalue weighted by atomic mass is 9.81. The highest BCUT2D eigenvalue weighted by molar-refractivity contribution is 6.06. The molecule has 2 N–H and O–H groups in total. The molecule has 0 saturated carbocycles. The first-order valence-corrected chi connectivity index (χ1v) is 11.4. The van der Waals surface area contributed by atoms with Crippen LogP contribution in [-0.2, 0) is 19.1 Å². The number of hydrogen-bond acceptors (Lipinski definition) is 8. The standard InChI is InChI=1S/C27H28FN3O5/c1-5-17(6-2)36-20-14-10-13-19(28)23(20)31-24(27(33)35-4)22(26(32)34-3)21(18(15-29)25(31)30)16-11-8-7-9-12-16/h7-14,17,21H,5-6,30H2,1-4H3. The third kappa shape index (κ3) is 4.75. The van der Waals surface area contributed by atoms with E-state index in [-0.39, 0.29) is 40.2 Å². The van der Waals surface area contributed by atoms with Crippen molar-refractivity contribution < 1.29 is 28.2 Å². The van der Waals surface area contributed by atoms with Crippen LogP contribution in [0.15, 0.2) is 71.2 Å². The van der Waals surface area contributed by atoms with Crippen molar-refractivity contribution >= 4 is 17.6 Å². The SMILES string of the molecule is CCC(CC)Oc1cccc(F)c1N1C(N)=C(C#N)C(c2ccccc2)C(C(=O)OC)=C1C(=O)OC. The number of nitriles is 1. The highest BCUT2D eigenvalue weighted by atomic mass is 19.1. The largest absolute Gasteiger partial charge is 0.488 e. The number of esters is 2. The number of ether oxygens (including phenoxy) is 3. The van der Waals surface area contributed by atoms with Gasteiger partial charge in [0.15, 0.2) is 5.82 Å². The van der Waals surface area contributed by atoms with Gasteiger partial charge >= 0.3 is 11.9 Å². The Morgan fingerprint density at radius 3 is 2.25 bits per heavy atom. The van der Waals surface area contributed by atoms with Gasteiger partial charge in [-0.25, -0.2) is 14.0 Å². The van der Waals surface area contributed by atoms with Crippen LogP contribution in [0.25, 0.3) is 0 Å². The molecular formula is C27H28FN3O5. The van der Waals surface area contributed by atoms with Crippen LogP contribution >= 0.6 is 0 Å². The van der Waals surface area contributed by atoms with Crippen LogP contribution in [0.3, 0.4) is 0 Å². The Hall–Kier alpha value is -4.32. The number of carbonyl (C=O) groups excluding carboxylic acids is 2. The zero-order chi connectivity index (χ0) is 26.4. The highest BCUT2D eigenvalue weighted by Crippen LogP contribution is 2.46. The van der Waals surface area contributed by atoms with E-state index in [9.17, 15) is 14.9 Å². The van der Waals surface area contributed by atoms with Gasteiger partial charge in [0, 0.05) is 0 Å². The monoisotopic (exact) mass is 493 g/mol. The normalized spacial score (nSPS) is 15.6. The van der Waals surface area contributed by atoms with Crippen LogP contribution < -0.4 is 15.4 Å². The van der Waals surface area contributed by atoms with Crippen LogP contribution in [0.1, 0.15) is 38.2 Å². The number of carbonyl (C=O) groups is 2. The van der Waals surface area contributed by atoms with Gasteiger partial charge in [-0.2, -0.15) is 5.26 Å². The van der Waals surface area contributed by atoms with Crippen molar-refractivity contribution in [3.05, 3.63) is 82.6 Å². The Labute approximate surface area is 209 Å². The molecule has 0 bridgehead atoms. The summed E-state index contributed by atoms with van der Waals surface area (Å²) in [5.74, 6) is -3.83. The van der Waals surface area contributed by atoms with Gasteiger partial charge in [0.25, 0.3) is 0 Å². The van der Waals surface area contributed by atoms with Crippen molar-refractivity contribution in [1.82, 2.24) is 0 Å². The average Bonchev–Trinajstić information content (AvgIpc) is 2.91. The predicted octanol–water partition coefficient (Wildman–Crippen LogP) is 4.29. The number of rotatable bonds is 8. The summed E-state index contributed by atoms with van der Waals surface area (Å²) in [6.45, 7) is 3.85. The Kier molecular flexibility index (Phi) is 8.33. The molecule has 0 aromatic heterocycles. The van der Waals surface area contributed by atoms with E-state index in [1.807, 2.05) is 19.9 Å². The molecule has 0 aliphatic carbocycles. The second-order valence-corrected chi connectivity index (χ2v) is 7.98. The van der Waals surface area contributed by atoms with E-state index >= 15 is 4.39 Å². The number of methoxy groups -OCH3 is 2. The van der Waals surface area contributed by atoms with Crippen LogP contribution in [0.2, 0.25) is 0 Å². The van der Waals surface area contributed by atoms with Crippen molar-refractivity contribution in [3.63, 3.8) is 0 Å². The molecule has 0 amide bonds. The zero-order valence-electron chi connectivity index (χ0n) is 20.6. The summed E-state index contributed by atoms with van der Waals surface area (Å²) >= 11 is 0. The molecule has 9 heteroatoms. The summed E-state index contributed by atoms with van der Waals surface area (Å²) in [7, 11) is 2.28. The quantitative estimate of drug-likeness (QED) is 0.542. The lowest BCUT2D eigenvalue weighted by Crippen LogP contribution is -2.41. The molecule has 2 aromatic rings. The molecule has 1 atom stereocenters. The average molecular weight is 494 g/mol. The summed E-state index contributed by atoms with van der Waals surface area (Å²) < 4.78 is 31.6. The van der Waals surface area contributed by atoms with Crippen LogP contribution in [-0.4, -0.2) is 32.3 Å². The number of anilines is 1. The van der Waals surface area contributed by atoms with Gasteiger partial charge in [0.2, 0.25) is 0 Å². The fourth-order valence-electron chi connectivity index (χ4n) is 4.19. The lowest BCUT2D eigenvalue weighted by molar-refractivity contribution is -0.139. The maximum atomic E-state index is 15.5. The molecule has 1 aliphatic rings. The second kappa shape index (κ2) is 11.4. The van der Waals surface area contributed by atoms with Gasteiger partial charge in [-0.1, -0.05) is 50.2 Å². The first kappa shape index (κ1) is 26.3. The maximum Gasteiger partial charge on any atom is 0.355 e. The molecule has 0 spiro atoms. The van der Waals surface area contributed by atoms with Gasteiger partial charge in [-0.3, -0.25) is 4.90 Å². The minimum absolute atomic E-state index is 0.0639. The Morgan fingerprint density at radius 2 is 1.69 bits per heavy atom. The van der Waals surface area contributed by atoms with Gasteiger partial charge in [0.05, 0.1) is 43.5 Å². The van der Waals surface area contributed by atoms with Gasteiger partial charge < -0.3 is 19.9 Å². The summed E-state index contributed by atoms with van der Waals surface area (Å²) in [5, 5.41) is 10.1. The lowest BCUT2D eigenvalue weighted by Gasteiger charge is -2.36. The smallest absolute Gasteiger partial charge is 0.355 e. The topological polar surface area (TPSA) is 115 Å². The first-order valence-electron chi connectivity index (χ1n) is 11.4. The Bertz CT molecular complexity index is 1250. The minimum atomic E-state index is -1.05. The molecule has 3 rings (SSSR count). The summed E-state index contributed by atoms with van der Waals surface area (Å²) in [5.41, 5.74) is 6.13. The maximum absolute atomic E-state index is 15.5. The molecule has 0 radical (unpaired) electrons. The van der Waals surface area contributed by atoms with Crippen LogP contribution in [0.5, 0.6) is 5.75 Å². The molecule has 1 aliphatic heterocycles. The number of nitrogens with two attached hydrogens (primary N) is 1. The molecule has 36 heavy (non-hydrogen) atoms. The van der Waals surface area contributed by atoms with E-state index < -0.39 is 23.7 Å². The van der Waals surface area contributed by atoms with E-state index in [0.717, 1.165) is 19.1 Å². The summed E-state index contributed by atoms with van der Waals surface area (Å²) in [6, 6.07) is 14.8. The fourth-order valence-corrected chi connectivity index (χ4v) is 4.19. The number of halogens is 1. The summed E-state index contributed by atoms with van der Waals surface area (Å²) in [6.07, 6.45) is 1.04. The molecule has 8 nitrogen and oxygen atoms in total. The van der Waals surface area contributed by atoms with Gasteiger partial charge in [0.1, 0.15) is 23.0 Å². The summed E-state index contributed by atoms with van der Waals surface area (Å²) in [4.78, 5) is 27.4. The Morgan fingerprint density at radius 1 is 1.06 bits per heavy atom. The second-order valence-electron chi connectivity index (χ2n) is 7.98. The number of hydrogen-bond donors (Lipinski definition) is 1. The number of allylic oxidation sites excluding steroid dienone is 1. The molecule has 0 saturated heterocycles. The van der Waals surface area contributed by atoms with Crippen molar-refractivity contribution in [2.24, 2.45) is 5.73 Å². The van der Waals surface area contributed by atoms with Gasteiger partial charge in [-0.05, 0) is 30.5 Å². The van der Waals surface area contributed by atoms with E-state index in [1.54, 1.807) is 30.3 Å². The van der Waals surface area contributed by atoms with Gasteiger partial charge in [-0.15, -0.1) is 0 Å². The predicted molar refractivity (Wildman–Crippen MR) is 131 cm³/mol. The molecule has 2 aromatic carbocycles. The minimum Gasteiger partial charge on any atom is -0.488 e. The van der Waals surface area contributed by atoms with Crippen molar-refractivity contribution in [1.29, 1.82) is 5.26 Å². The van der Waals surface area contributed by atoms with Crippen molar-refractivity contribution in [2.75, 3.05) is 19.1 Å². The van der Waals surface area contributed by atoms with Crippen LogP contribution in [0, 0.1) is 17.1 Å². The van der Waals surface area contributed by atoms with E-state index in [0.29, 0.717) is 18.4 Å². The third-order valence-corrected chi connectivity index (χ3v) is 5.99. The fraction of sp³-hybridized carbons (Fsp3) is 0.296. The molecule has 1 heterocycles. The molecule has 188 valence electrons. The third-order valence-electron chi connectivity index (χ3n) is 5.99. The Balaban J connectivity index is 2.43. The number of para-hydroxylation sites is 1. The first-order chi connectivity index (χ1) is 17.3. The highest BCUT2D eigenvalue weighted by Gasteiger charge is 2.44. The van der Waals surface area contributed by atoms with Crippen LogP contribution in [0.4, 0.5) is 10.1 Å². The van der Waals surface area contributed by atoms with Crippen molar-refractivity contribution in [2.45, 2.75) is 38.7 Å². The number of benzene rings is 2. The zero-order valence-corrected chi connectivity index (χ0v) is 20.6. The molecule has 0 fully saturated rings. The van der Waals surface area contributed by atoms with E-state index in [2.05, 4.69) is 0 Å². The molecular weight excluding hydrogens is 465 g/mol. The molecule has 1 unspecified atom stereocenters. The van der Waals surface area contributed by atoms with E-state index in [4.69, 9.17) is 19.9 Å². The van der Waals surface area contributed by atoms with E-state index in [1.165, 1.54) is 18.2 Å². The number of nitrogens with zero attached hydrogens (tertiary/aromatic N) is 2. The van der Waals surface area contributed by atoms with Crippen molar-refractivity contribution in [3.8, 4) is 11.8 Å².